The number of aromatic hydroxyl groups is 1. The fourth-order valence-corrected chi connectivity index (χ4v) is 4.74. The largest absolute Gasteiger partial charge is 0.507 e. The Morgan fingerprint density at radius 3 is 2.19 bits per heavy atom. The van der Waals surface area contributed by atoms with Crippen LogP contribution < -0.4 is 4.90 Å². The van der Waals surface area contributed by atoms with Crippen molar-refractivity contribution >= 4 is 26.6 Å². The van der Waals surface area contributed by atoms with Gasteiger partial charge in [-0.2, -0.15) is 8.42 Å². The van der Waals surface area contributed by atoms with Crippen LogP contribution in [0.25, 0.3) is 10.8 Å². The summed E-state index contributed by atoms with van der Waals surface area (Å²) < 4.78 is 33.4. The van der Waals surface area contributed by atoms with Crippen molar-refractivity contribution in [1.29, 1.82) is 0 Å². The van der Waals surface area contributed by atoms with Gasteiger partial charge in [0.15, 0.2) is 0 Å². The molecule has 0 aromatic heterocycles. The predicted octanol–water partition coefficient (Wildman–Crippen LogP) is 4.44. The van der Waals surface area contributed by atoms with Gasteiger partial charge in [0.25, 0.3) is 10.1 Å². The zero-order valence-corrected chi connectivity index (χ0v) is 16.0. The Labute approximate surface area is 158 Å². The standard InChI is InChI=1S/C21H21NO4S/c1-13(2)20-19(27(24,25)26)10-16-9-17(7-8-18(16)21(20)23)22-11-14-5-3-4-6-15(14)12-22/h3-10,13,23H,11-12H2,1-2H3,(H,24,25,26). The van der Waals surface area contributed by atoms with E-state index in [0.717, 1.165) is 18.8 Å². The molecule has 3 aromatic rings. The summed E-state index contributed by atoms with van der Waals surface area (Å²) >= 11 is 0. The van der Waals surface area contributed by atoms with Crippen LogP contribution in [-0.2, 0) is 23.2 Å². The Bertz CT molecular complexity index is 1130. The smallest absolute Gasteiger partial charge is 0.294 e. The molecule has 0 atom stereocenters. The van der Waals surface area contributed by atoms with Crippen LogP contribution in [0.2, 0.25) is 0 Å². The molecular weight excluding hydrogens is 362 g/mol. The summed E-state index contributed by atoms with van der Waals surface area (Å²) in [6, 6.07) is 15.3. The van der Waals surface area contributed by atoms with Crippen molar-refractivity contribution in [2.75, 3.05) is 4.90 Å². The van der Waals surface area contributed by atoms with E-state index in [4.69, 9.17) is 0 Å². The number of nitrogens with zero attached hydrogens (tertiary/aromatic N) is 1. The quantitative estimate of drug-likeness (QED) is 0.654. The maximum absolute atomic E-state index is 11.9. The summed E-state index contributed by atoms with van der Waals surface area (Å²) in [5.74, 6) is -0.342. The molecule has 1 aliphatic heterocycles. The molecule has 0 radical (unpaired) electrons. The minimum Gasteiger partial charge on any atom is -0.507 e. The number of phenolic OH excluding ortho intramolecular Hbond substituents is 1. The van der Waals surface area contributed by atoms with Gasteiger partial charge in [-0.25, -0.2) is 0 Å². The average Bonchev–Trinajstić information content (AvgIpc) is 3.04. The van der Waals surface area contributed by atoms with Crippen LogP contribution in [-0.4, -0.2) is 18.1 Å². The van der Waals surface area contributed by atoms with Crippen molar-refractivity contribution in [2.24, 2.45) is 0 Å². The lowest BCUT2D eigenvalue weighted by Crippen LogP contribution is -2.14. The number of hydrogen-bond donors (Lipinski definition) is 2. The highest BCUT2D eigenvalue weighted by Gasteiger charge is 2.24. The molecule has 1 heterocycles. The fourth-order valence-electron chi connectivity index (χ4n) is 3.85. The summed E-state index contributed by atoms with van der Waals surface area (Å²) in [5.41, 5.74) is 3.73. The van der Waals surface area contributed by atoms with Crippen molar-refractivity contribution < 1.29 is 18.1 Å². The number of phenols is 1. The van der Waals surface area contributed by atoms with Gasteiger partial charge in [0, 0.05) is 29.7 Å². The highest BCUT2D eigenvalue weighted by molar-refractivity contribution is 7.85. The molecule has 140 valence electrons. The first-order valence-electron chi connectivity index (χ1n) is 8.84. The van der Waals surface area contributed by atoms with E-state index in [-0.39, 0.29) is 22.1 Å². The lowest BCUT2D eigenvalue weighted by atomic mass is 9.97. The van der Waals surface area contributed by atoms with Crippen LogP contribution >= 0.6 is 0 Å². The first-order valence-corrected chi connectivity index (χ1v) is 10.3. The lowest BCUT2D eigenvalue weighted by Gasteiger charge is -2.20. The van der Waals surface area contributed by atoms with E-state index in [0.29, 0.717) is 10.8 Å². The van der Waals surface area contributed by atoms with Crippen LogP contribution in [0.1, 0.15) is 36.5 Å². The highest BCUT2D eigenvalue weighted by atomic mass is 32.2. The van der Waals surface area contributed by atoms with Gasteiger partial charge in [-0.05, 0) is 46.7 Å². The summed E-state index contributed by atoms with van der Waals surface area (Å²) in [5, 5.41) is 11.8. The van der Waals surface area contributed by atoms with E-state index in [1.165, 1.54) is 17.2 Å². The molecule has 3 aromatic carbocycles. The SMILES string of the molecule is CC(C)c1c(S(=O)(=O)O)cc2cc(N3Cc4ccccc4C3)ccc2c1O. The Balaban J connectivity index is 1.85. The second kappa shape index (κ2) is 6.25. The van der Waals surface area contributed by atoms with E-state index in [1.54, 1.807) is 13.8 Å². The highest BCUT2D eigenvalue weighted by Crippen LogP contribution is 2.40. The summed E-state index contributed by atoms with van der Waals surface area (Å²) in [6.45, 7) is 5.13. The molecule has 0 unspecified atom stereocenters. The Hall–Kier alpha value is -2.57. The molecular formula is C21H21NO4S. The first-order chi connectivity index (χ1) is 12.8. The molecule has 0 bridgehead atoms. The molecule has 6 heteroatoms. The maximum Gasteiger partial charge on any atom is 0.294 e. The number of rotatable bonds is 3. The molecule has 4 rings (SSSR count). The first kappa shape index (κ1) is 17.8. The summed E-state index contributed by atoms with van der Waals surface area (Å²) in [7, 11) is -4.44. The van der Waals surface area contributed by atoms with Gasteiger partial charge in [0.1, 0.15) is 10.6 Å². The molecule has 0 amide bonds. The molecule has 0 spiro atoms. The van der Waals surface area contributed by atoms with E-state index in [2.05, 4.69) is 17.0 Å². The van der Waals surface area contributed by atoms with Gasteiger partial charge >= 0.3 is 0 Å². The van der Waals surface area contributed by atoms with E-state index in [1.807, 2.05) is 30.3 Å². The summed E-state index contributed by atoms with van der Waals surface area (Å²) in [6.07, 6.45) is 0. The third-order valence-corrected chi connectivity index (χ3v) is 6.05. The Morgan fingerprint density at radius 1 is 1.00 bits per heavy atom. The van der Waals surface area contributed by atoms with Crippen LogP contribution in [0.5, 0.6) is 5.75 Å². The lowest BCUT2D eigenvalue weighted by molar-refractivity contribution is 0.459. The normalized spacial score (nSPS) is 14.1. The van der Waals surface area contributed by atoms with Crippen LogP contribution in [0.4, 0.5) is 5.69 Å². The van der Waals surface area contributed by atoms with Crippen molar-refractivity contribution in [2.45, 2.75) is 37.8 Å². The van der Waals surface area contributed by atoms with Gasteiger partial charge in [0.05, 0.1) is 0 Å². The van der Waals surface area contributed by atoms with Crippen molar-refractivity contribution in [1.82, 2.24) is 0 Å². The molecule has 1 aliphatic rings. The summed E-state index contributed by atoms with van der Waals surface area (Å²) in [4.78, 5) is 1.97. The zero-order chi connectivity index (χ0) is 19.3. The van der Waals surface area contributed by atoms with Crippen LogP contribution in [0.15, 0.2) is 53.4 Å². The molecule has 0 fully saturated rings. The number of hydrogen-bond acceptors (Lipinski definition) is 4. The van der Waals surface area contributed by atoms with Gasteiger partial charge in [-0.1, -0.05) is 38.1 Å². The maximum atomic E-state index is 11.9. The fraction of sp³-hybridized carbons (Fsp3) is 0.238. The topological polar surface area (TPSA) is 77.8 Å². The predicted molar refractivity (Wildman–Crippen MR) is 106 cm³/mol. The third kappa shape index (κ3) is 3.05. The second-order valence-electron chi connectivity index (χ2n) is 7.30. The van der Waals surface area contributed by atoms with E-state index < -0.39 is 10.1 Å². The molecule has 27 heavy (non-hydrogen) atoms. The molecule has 0 saturated heterocycles. The van der Waals surface area contributed by atoms with Gasteiger partial charge in [0.2, 0.25) is 0 Å². The average molecular weight is 383 g/mol. The second-order valence-corrected chi connectivity index (χ2v) is 8.69. The Morgan fingerprint density at radius 2 is 1.63 bits per heavy atom. The number of anilines is 1. The van der Waals surface area contributed by atoms with Crippen LogP contribution in [0.3, 0.4) is 0 Å². The van der Waals surface area contributed by atoms with Gasteiger partial charge < -0.3 is 10.0 Å². The van der Waals surface area contributed by atoms with Crippen LogP contribution in [0, 0.1) is 0 Å². The molecule has 0 saturated carbocycles. The minimum atomic E-state index is -4.44. The molecule has 2 N–H and O–H groups in total. The molecule has 5 nitrogen and oxygen atoms in total. The van der Waals surface area contributed by atoms with Crippen molar-refractivity contribution in [3.05, 3.63) is 65.2 Å². The van der Waals surface area contributed by atoms with Gasteiger partial charge in [-0.15, -0.1) is 0 Å². The van der Waals surface area contributed by atoms with E-state index in [9.17, 15) is 18.1 Å². The number of benzene rings is 3. The van der Waals surface area contributed by atoms with Crippen molar-refractivity contribution in [3.8, 4) is 5.75 Å². The third-order valence-electron chi connectivity index (χ3n) is 5.16. The van der Waals surface area contributed by atoms with E-state index >= 15 is 0 Å². The minimum absolute atomic E-state index is 0.0913. The van der Waals surface area contributed by atoms with Gasteiger partial charge in [-0.3, -0.25) is 4.55 Å². The van der Waals surface area contributed by atoms with Crippen molar-refractivity contribution in [3.63, 3.8) is 0 Å². The number of fused-ring (bicyclic) bond motifs is 2. The monoisotopic (exact) mass is 383 g/mol. The molecule has 0 aliphatic carbocycles. The zero-order valence-electron chi connectivity index (χ0n) is 15.2. The Kier molecular flexibility index (Phi) is 4.13.